The summed E-state index contributed by atoms with van der Waals surface area (Å²) in [6.07, 6.45) is 2.00. The standard InChI is InChI=1S/C23H23Cl3N2O2S/c1-27(2)16-7-5-14(6-8-16)12-28(13-17-4-3-9-30-17)23(29)22-21(26)20-18(25)10-15(24)11-19(20)31-22/h5-8,10-11,17H,3-4,9,12-13H2,1-2H3. The summed E-state index contributed by atoms with van der Waals surface area (Å²) in [4.78, 5) is 18.0. The number of amides is 1. The van der Waals surface area contributed by atoms with Gasteiger partial charge in [0.1, 0.15) is 4.88 Å². The van der Waals surface area contributed by atoms with Gasteiger partial charge in [0.2, 0.25) is 0 Å². The smallest absolute Gasteiger partial charge is 0.265 e. The fraction of sp³-hybridized carbons (Fsp3) is 0.348. The summed E-state index contributed by atoms with van der Waals surface area (Å²) < 4.78 is 6.62. The maximum absolute atomic E-state index is 13.6. The lowest BCUT2D eigenvalue weighted by Gasteiger charge is -2.25. The van der Waals surface area contributed by atoms with Crippen molar-refractivity contribution < 1.29 is 9.53 Å². The summed E-state index contributed by atoms with van der Waals surface area (Å²) in [5, 5.41) is 2.03. The number of fused-ring (bicyclic) bond motifs is 1. The van der Waals surface area contributed by atoms with Crippen LogP contribution in [0.5, 0.6) is 0 Å². The van der Waals surface area contributed by atoms with Crippen molar-refractivity contribution in [2.24, 2.45) is 0 Å². The van der Waals surface area contributed by atoms with Gasteiger partial charge in [-0.1, -0.05) is 46.9 Å². The number of rotatable bonds is 6. The number of benzene rings is 2. The van der Waals surface area contributed by atoms with Crippen LogP contribution < -0.4 is 4.90 Å². The van der Waals surface area contributed by atoms with E-state index in [-0.39, 0.29) is 12.0 Å². The molecule has 2 heterocycles. The number of nitrogens with zero attached hydrogens (tertiary/aromatic N) is 2. The van der Waals surface area contributed by atoms with Crippen LogP contribution in [0, 0.1) is 0 Å². The molecule has 1 atom stereocenters. The number of carbonyl (C=O) groups excluding carboxylic acids is 1. The van der Waals surface area contributed by atoms with Gasteiger partial charge in [-0.3, -0.25) is 4.79 Å². The molecule has 0 spiro atoms. The van der Waals surface area contributed by atoms with Crippen molar-refractivity contribution in [1.29, 1.82) is 0 Å². The second-order valence-electron chi connectivity index (χ2n) is 7.89. The molecule has 0 saturated carbocycles. The van der Waals surface area contributed by atoms with Gasteiger partial charge in [-0.05, 0) is 42.7 Å². The molecular formula is C23H23Cl3N2O2S. The van der Waals surface area contributed by atoms with Gasteiger partial charge in [-0.2, -0.15) is 0 Å². The summed E-state index contributed by atoms with van der Waals surface area (Å²) >= 11 is 20.5. The van der Waals surface area contributed by atoms with Gasteiger partial charge in [0, 0.05) is 54.6 Å². The molecule has 164 valence electrons. The molecular weight excluding hydrogens is 475 g/mol. The number of hydrogen-bond acceptors (Lipinski definition) is 4. The van der Waals surface area contributed by atoms with Crippen LogP contribution in [0.4, 0.5) is 5.69 Å². The molecule has 3 aromatic rings. The zero-order chi connectivity index (χ0) is 22.1. The van der Waals surface area contributed by atoms with E-state index in [2.05, 4.69) is 12.1 Å². The minimum absolute atomic E-state index is 0.0381. The molecule has 1 aromatic heterocycles. The van der Waals surface area contributed by atoms with Crippen LogP contribution in [-0.4, -0.2) is 44.2 Å². The lowest BCUT2D eigenvalue weighted by atomic mass is 10.1. The number of halogens is 3. The van der Waals surface area contributed by atoms with Crippen molar-refractivity contribution in [3.63, 3.8) is 0 Å². The predicted octanol–water partition coefficient (Wildman–Crippen LogP) is 6.75. The van der Waals surface area contributed by atoms with Gasteiger partial charge in [0.25, 0.3) is 5.91 Å². The van der Waals surface area contributed by atoms with E-state index in [1.807, 2.05) is 36.0 Å². The average molecular weight is 498 g/mol. The van der Waals surface area contributed by atoms with Crippen molar-refractivity contribution in [3.05, 3.63) is 61.9 Å². The third-order valence-electron chi connectivity index (χ3n) is 5.41. The van der Waals surface area contributed by atoms with Crippen LogP contribution in [0.3, 0.4) is 0 Å². The van der Waals surface area contributed by atoms with E-state index in [1.54, 1.807) is 12.1 Å². The van der Waals surface area contributed by atoms with Gasteiger partial charge in [-0.15, -0.1) is 11.3 Å². The summed E-state index contributed by atoms with van der Waals surface area (Å²) in [6.45, 7) is 1.74. The van der Waals surface area contributed by atoms with E-state index in [4.69, 9.17) is 39.5 Å². The van der Waals surface area contributed by atoms with E-state index in [1.165, 1.54) is 11.3 Å². The van der Waals surface area contributed by atoms with E-state index in [0.29, 0.717) is 38.4 Å². The Kier molecular flexibility index (Phi) is 6.99. The van der Waals surface area contributed by atoms with Crippen molar-refractivity contribution >= 4 is 67.8 Å². The zero-order valence-corrected chi connectivity index (χ0v) is 20.4. The van der Waals surface area contributed by atoms with E-state index in [0.717, 1.165) is 35.4 Å². The van der Waals surface area contributed by atoms with Crippen molar-refractivity contribution in [1.82, 2.24) is 4.90 Å². The molecule has 1 aliphatic rings. The quantitative estimate of drug-likeness (QED) is 0.378. The number of anilines is 1. The Morgan fingerprint density at radius 1 is 1.16 bits per heavy atom. The Labute approximate surface area is 201 Å². The Hall–Kier alpha value is -1.50. The van der Waals surface area contributed by atoms with E-state index < -0.39 is 0 Å². The highest BCUT2D eigenvalue weighted by atomic mass is 35.5. The molecule has 1 amide bonds. The Morgan fingerprint density at radius 3 is 2.55 bits per heavy atom. The predicted molar refractivity (Wildman–Crippen MR) is 131 cm³/mol. The van der Waals surface area contributed by atoms with Crippen LogP contribution >= 0.6 is 46.1 Å². The first kappa shape index (κ1) is 22.7. The summed E-state index contributed by atoms with van der Waals surface area (Å²) in [5.41, 5.74) is 2.16. The van der Waals surface area contributed by atoms with Gasteiger partial charge < -0.3 is 14.5 Å². The van der Waals surface area contributed by atoms with Gasteiger partial charge in [-0.25, -0.2) is 0 Å². The zero-order valence-electron chi connectivity index (χ0n) is 17.3. The number of carbonyl (C=O) groups is 1. The van der Waals surface area contributed by atoms with Crippen LogP contribution in [0.2, 0.25) is 15.1 Å². The van der Waals surface area contributed by atoms with Gasteiger partial charge >= 0.3 is 0 Å². The van der Waals surface area contributed by atoms with E-state index in [9.17, 15) is 4.79 Å². The average Bonchev–Trinajstić information content (AvgIpc) is 3.35. The summed E-state index contributed by atoms with van der Waals surface area (Å²) in [7, 11) is 4.01. The van der Waals surface area contributed by atoms with Crippen LogP contribution in [0.25, 0.3) is 10.1 Å². The van der Waals surface area contributed by atoms with Crippen molar-refractivity contribution in [2.75, 3.05) is 32.1 Å². The van der Waals surface area contributed by atoms with Crippen LogP contribution in [0.15, 0.2) is 36.4 Å². The first-order chi connectivity index (χ1) is 14.8. The molecule has 0 radical (unpaired) electrons. The molecule has 0 bridgehead atoms. The largest absolute Gasteiger partial charge is 0.378 e. The topological polar surface area (TPSA) is 32.8 Å². The lowest BCUT2D eigenvalue weighted by molar-refractivity contribution is 0.0511. The third-order valence-corrected chi connectivity index (χ3v) is 7.54. The summed E-state index contributed by atoms with van der Waals surface area (Å²) in [6, 6.07) is 11.6. The first-order valence-electron chi connectivity index (χ1n) is 10.1. The van der Waals surface area contributed by atoms with E-state index >= 15 is 0 Å². The maximum Gasteiger partial charge on any atom is 0.265 e. The second kappa shape index (κ2) is 9.55. The van der Waals surface area contributed by atoms with Crippen molar-refractivity contribution in [2.45, 2.75) is 25.5 Å². The molecule has 8 heteroatoms. The molecule has 4 rings (SSSR count). The highest BCUT2D eigenvalue weighted by Crippen LogP contribution is 2.42. The molecule has 2 aromatic carbocycles. The fourth-order valence-electron chi connectivity index (χ4n) is 3.77. The molecule has 1 fully saturated rings. The molecule has 4 nitrogen and oxygen atoms in total. The Balaban J connectivity index is 1.65. The van der Waals surface area contributed by atoms with Crippen LogP contribution in [-0.2, 0) is 11.3 Å². The Bertz CT molecular complexity index is 1090. The number of hydrogen-bond donors (Lipinski definition) is 0. The van der Waals surface area contributed by atoms with Gasteiger partial charge in [0.05, 0.1) is 16.1 Å². The molecule has 31 heavy (non-hydrogen) atoms. The maximum atomic E-state index is 13.6. The minimum atomic E-state index is -0.120. The second-order valence-corrected chi connectivity index (χ2v) is 10.2. The minimum Gasteiger partial charge on any atom is -0.378 e. The monoisotopic (exact) mass is 496 g/mol. The summed E-state index contributed by atoms with van der Waals surface area (Å²) in [5.74, 6) is -0.120. The fourth-order valence-corrected chi connectivity index (χ4v) is 6.11. The number of thiophene rings is 1. The highest BCUT2D eigenvalue weighted by Gasteiger charge is 2.27. The molecule has 1 aliphatic heterocycles. The molecule has 0 aliphatic carbocycles. The molecule has 1 saturated heterocycles. The molecule has 1 unspecified atom stereocenters. The van der Waals surface area contributed by atoms with Crippen molar-refractivity contribution in [3.8, 4) is 0 Å². The Morgan fingerprint density at radius 2 is 1.90 bits per heavy atom. The normalized spacial score (nSPS) is 16.1. The highest BCUT2D eigenvalue weighted by molar-refractivity contribution is 7.21. The number of ether oxygens (including phenoxy) is 1. The van der Waals surface area contributed by atoms with Crippen LogP contribution in [0.1, 0.15) is 28.1 Å². The first-order valence-corrected chi connectivity index (χ1v) is 12.0. The van der Waals surface area contributed by atoms with Gasteiger partial charge in [0.15, 0.2) is 0 Å². The molecule has 0 N–H and O–H groups in total. The third kappa shape index (κ3) is 4.96. The lowest BCUT2D eigenvalue weighted by Crippen LogP contribution is -2.36. The SMILES string of the molecule is CN(C)c1ccc(CN(CC2CCCO2)C(=O)c2sc3cc(Cl)cc(Cl)c3c2Cl)cc1.